The molecule has 0 fully saturated rings. The highest BCUT2D eigenvalue weighted by atomic mass is 16.5. The van der Waals surface area contributed by atoms with Crippen LogP contribution in [-0.2, 0) is 11.8 Å². The molecule has 152 valence electrons. The maximum atomic E-state index is 9.86. The van der Waals surface area contributed by atoms with Crippen molar-refractivity contribution in [2.24, 2.45) is 0 Å². The van der Waals surface area contributed by atoms with Crippen molar-refractivity contribution < 1.29 is 9.84 Å². The molecule has 0 saturated heterocycles. The van der Waals surface area contributed by atoms with Gasteiger partial charge in [-0.3, -0.25) is 4.98 Å². The van der Waals surface area contributed by atoms with E-state index in [4.69, 9.17) is 4.74 Å². The summed E-state index contributed by atoms with van der Waals surface area (Å²) in [6.07, 6.45) is 5.27. The summed E-state index contributed by atoms with van der Waals surface area (Å²) in [5.74, 6) is 1.00. The summed E-state index contributed by atoms with van der Waals surface area (Å²) in [5.41, 5.74) is 5.50. The van der Waals surface area contributed by atoms with Crippen LogP contribution in [0.25, 0.3) is 11.3 Å². The molecule has 0 saturated carbocycles. The molecular weight excluding hydrogens is 378 g/mol. The van der Waals surface area contributed by atoms with Crippen molar-refractivity contribution in [3.8, 4) is 23.1 Å². The standard InChI is InChI=1S/C23H23N5O2/c1-14-15(11-24)8-17(30-3)10-21(14)28-22-25-7-5-19(27-22)16-9-18-20(26-12-16)4-6-23(18,2)13-29/h5,7-10,12,29H,4,6,13H2,1-3H3,(H,25,27,28). The third-order valence-electron chi connectivity index (χ3n) is 5.82. The first-order valence-corrected chi connectivity index (χ1v) is 9.77. The molecule has 1 unspecified atom stereocenters. The largest absolute Gasteiger partial charge is 0.497 e. The van der Waals surface area contributed by atoms with E-state index in [0.717, 1.165) is 40.9 Å². The van der Waals surface area contributed by atoms with Crippen molar-refractivity contribution in [3.63, 3.8) is 0 Å². The fraction of sp³-hybridized carbons (Fsp3) is 0.304. The first kappa shape index (κ1) is 19.8. The average Bonchev–Trinajstić information content (AvgIpc) is 3.12. The average molecular weight is 401 g/mol. The van der Waals surface area contributed by atoms with Gasteiger partial charge in [0.15, 0.2) is 0 Å². The molecule has 1 atom stereocenters. The number of ether oxygens (including phenoxy) is 1. The number of benzene rings is 1. The smallest absolute Gasteiger partial charge is 0.227 e. The van der Waals surface area contributed by atoms with Crippen molar-refractivity contribution in [1.29, 1.82) is 5.26 Å². The highest BCUT2D eigenvalue weighted by Crippen LogP contribution is 2.39. The van der Waals surface area contributed by atoms with Crippen LogP contribution in [0.1, 0.15) is 35.7 Å². The molecule has 0 spiro atoms. The molecule has 0 radical (unpaired) electrons. The number of pyridine rings is 1. The second-order valence-electron chi connectivity index (χ2n) is 7.79. The minimum absolute atomic E-state index is 0.0953. The lowest BCUT2D eigenvalue weighted by Crippen LogP contribution is -2.23. The van der Waals surface area contributed by atoms with E-state index in [2.05, 4.69) is 39.3 Å². The molecule has 7 nitrogen and oxygen atoms in total. The van der Waals surface area contributed by atoms with Crippen LogP contribution >= 0.6 is 0 Å². The SMILES string of the molecule is COc1cc(C#N)c(C)c(Nc2nccc(-c3cnc4c(c3)C(C)(CO)CC4)n2)c1. The van der Waals surface area contributed by atoms with Gasteiger partial charge >= 0.3 is 0 Å². The summed E-state index contributed by atoms with van der Waals surface area (Å²) < 4.78 is 5.30. The molecule has 1 aliphatic rings. The first-order valence-electron chi connectivity index (χ1n) is 9.77. The van der Waals surface area contributed by atoms with Crippen LogP contribution in [0.5, 0.6) is 5.75 Å². The van der Waals surface area contributed by atoms with E-state index >= 15 is 0 Å². The van der Waals surface area contributed by atoms with Crippen LogP contribution in [0.2, 0.25) is 0 Å². The summed E-state index contributed by atoms with van der Waals surface area (Å²) in [6, 6.07) is 9.60. The maximum Gasteiger partial charge on any atom is 0.227 e. The van der Waals surface area contributed by atoms with Crippen molar-refractivity contribution >= 4 is 11.6 Å². The molecule has 7 heteroatoms. The number of methoxy groups -OCH3 is 1. The molecule has 3 aromatic rings. The van der Waals surface area contributed by atoms with E-state index in [1.54, 1.807) is 19.4 Å². The molecule has 0 amide bonds. The first-order chi connectivity index (χ1) is 14.5. The van der Waals surface area contributed by atoms with E-state index in [1.165, 1.54) is 0 Å². The fourth-order valence-electron chi connectivity index (χ4n) is 3.80. The van der Waals surface area contributed by atoms with Crippen LogP contribution in [0.3, 0.4) is 0 Å². The van der Waals surface area contributed by atoms with E-state index in [1.807, 2.05) is 25.3 Å². The third kappa shape index (κ3) is 3.46. The second-order valence-corrected chi connectivity index (χ2v) is 7.79. The van der Waals surface area contributed by atoms with Crippen LogP contribution < -0.4 is 10.1 Å². The number of aliphatic hydroxyl groups excluding tert-OH is 1. The molecule has 0 aliphatic heterocycles. The molecule has 4 rings (SSSR count). The van der Waals surface area contributed by atoms with Gasteiger partial charge < -0.3 is 15.2 Å². The zero-order chi connectivity index (χ0) is 21.3. The summed E-state index contributed by atoms with van der Waals surface area (Å²) in [5, 5.41) is 22.4. The predicted octanol–water partition coefficient (Wildman–Crippen LogP) is 3.67. The Balaban J connectivity index is 1.69. The quantitative estimate of drug-likeness (QED) is 0.672. The number of aliphatic hydroxyl groups is 1. The van der Waals surface area contributed by atoms with E-state index in [9.17, 15) is 10.4 Å². The van der Waals surface area contributed by atoms with Gasteiger partial charge in [0, 0.05) is 40.8 Å². The number of fused-ring (bicyclic) bond motifs is 1. The lowest BCUT2D eigenvalue weighted by Gasteiger charge is -2.22. The van der Waals surface area contributed by atoms with Crippen molar-refractivity contribution in [3.05, 3.63) is 59.0 Å². The predicted molar refractivity (Wildman–Crippen MR) is 114 cm³/mol. The molecule has 1 aromatic carbocycles. The third-order valence-corrected chi connectivity index (χ3v) is 5.82. The van der Waals surface area contributed by atoms with Crippen LogP contribution in [-0.4, -0.2) is 33.8 Å². The summed E-state index contributed by atoms with van der Waals surface area (Å²) >= 11 is 0. The van der Waals surface area contributed by atoms with E-state index in [0.29, 0.717) is 22.9 Å². The normalized spacial score (nSPS) is 17.3. The molecule has 2 N–H and O–H groups in total. The highest BCUT2D eigenvalue weighted by Gasteiger charge is 2.35. The van der Waals surface area contributed by atoms with Gasteiger partial charge in [-0.25, -0.2) is 9.97 Å². The molecular formula is C23H23N5O2. The van der Waals surface area contributed by atoms with Crippen LogP contribution in [0, 0.1) is 18.3 Å². The Morgan fingerprint density at radius 1 is 1.30 bits per heavy atom. The molecule has 0 bridgehead atoms. The lowest BCUT2D eigenvalue weighted by molar-refractivity contribution is 0.206. The summed E-state index contributed by atoms with van der Waals surface area (Å²) in [6.45, 7) is 4.03. The topological polar surface area (TPSA) is 104 Å². The Morgan fingerprint density at radius 2 is 2.13 bits per heavy atom. The van der Waals surface area contributed by atoms with Gasteiger partial charge in [0.1, 0.15) is 5.75 Å². The molecule has 2 aromatic heterocycles. The van der Waals surface area contributed by atoms with Crippen molar-refractivity contribution in [2.75, 3.05) is 19.0 Å². The molecule has 1 aliphatic carbocycles. The van der Waals surface area contributed by atoms with E-state index < -0.39 is 0 Å². The number of nitrogens with zero attached hydrogens (tertiary/aromatic N) is 4. The number of aryl methyl sites for hydroxylation is 1. The highest BCUT2D eigenvalue weighted by molar-refractivity contribution is 5.67. The van der Waals surface area contributed by atoms with Gasteiger partial charge in [-0.05, 0) is 49.1 Å². The monoisotopic (exact) mass is 401 g/mol. The molecule has 2 heterocycles. The van der Waals surface area contributed by atoms with Gasteiger partial charge in [-0.15, -0.1) is 0 Å². The van der Waals surface area contributed by atoms with Gasteiger partial charge in [0.05, 0.1) is 31.0 Å². The summed E-state index contributed by atoms with van der Waals surface area (Å²) in [4.78, 5) is 13.6. The van der Waals surface area contributed by atoms with Gasteiger partial charge in [-0.1, -0.05) is 6.92 Å². The number of hydrogen-bond donors (Lipinski definition) is 2. The minimum Gasteiger partial charge on any atom is -0.497 e. The van der Waals surface area contributed by atoms with Crippen molar-refractivity contribution in [2.45, 2.75) is 32.1 Å². The van der Waals surface area contributed by atoms with Crippen LogP contribution in [0.4, 0.5) is 11.6 Å². The molecule has 30 heavy (non-hydrogen) atoms. The summed E-state index contributed by atoms with van der Waals surface area (Å²) in [7, 11) is 1.56. The Bertz CT molecular complexity index is 1150. The number of nitrogens with one attached hydrogen (secondary N) is 1. The Kier molecular flexibility index (Phi) is 5.10. The Morgan fingerprint density at radius 3 is 2.87 bits per heavy atom. The van der Waals surface area contributed by atoms with E-state index in [-0.39, 0.29) is 12.0 Å². The minimum atomic E-state index is -0.266. The van der Waals surface area contributed by atoms with Crippen molar-refractivity contribution in [1.82, 2.24) is 15.0 Å². The lowest BCUT2D eigenvalue weighted by atomic mass is 9.85. The zero-order valence-electron chi connectivity index (χ0n) is 17.2. The van der Waals surface area contributed by atoms with Gasteiger partial charge in [0.25, 0.3) is 0 Å². The maximum absolute atomic E-state index is 9.86. The van der Waals surface area contributed by atoms with Gasteiger partial charge in [-0.2, -0.15) is 5.26 Å². The number of rotatable bonds is 5. The number of nitriles is 1. The Labute approximate surface area is 175 Å². The number of aromatic nitrogens is 3. The number of hydrogen-bond acceptors (Lipinski definition) is 7. The zero-order valence-corrected chi connectivity index (χ0v) is 17.2. The van der Waals surface area contributed by atoms with Crippen LogP contribution in [0.15, 0.2) is 36.7 Å². The number of anilines is 2. The Hall–Kier alpha value is -3.50. The van der Waals surface area contributed by atoms with Gasteiger partial charge in [0.2, 0.25) is 5.95 Å². The fourth-order valence-corrected chi connectivity index (χ4v) is 3.80. The second kappa shape index (κ2) is 7.73.